The number of halogens is 3. The van der Waals surface area contributed by atoms with E-state index in [0.717, 1.165) is 0 Å². The first-order valence-electron chi connectivity index (χ1n) is 3.00. The van der Waals surface area contributed by atoms with Crippen LogP contribution in [0.1, 0.15) is 0 Å². The molecule has 60 valence electrons. The Kier molecular flexibility index (Phi) is 3.00. The zero-order valence-corrected chi connectivity index (χ0v) is 6.85. The SMILES string of the molecule is FC(F)C1COCCN1Br. The topological polar surface area (TPSA) is 12.5 Å². The van der Waals surface area contributed by atoms with Gasteiger partial charge in [0.1, 0.15) is 6.04 Å². The van der Waals surface area contributed by atoms with E-state index in [1.807, 2.05) is 0 Å². The van der Waals surface area contributed by atoms with Crippen LogP contribution in [0.25, 0.3) is 0 Å². The third kappa shape index (κ3) is 1.87. The van der Waals surface area contributed by atoms with Crippen LogP contribution < -0.4 is 0 Å². The molecule has 1 unspecified atom stereocenters. The van der Waals surface area contributed by atoms with Crippen molar-refractivity contribution >= 4 is 16.1 Å². The van der Waals surface area contributed by atoms with E-state index in [4.69, 9.17) is 4.74 Å². The molecule has 0 N–H and O–H groups in total. The van der Waals surface area contributed by atoms with Crippen molar-refractivity contribution in [3.8, 4) is 0 Å². The Morgan fingerprint density at radius 3 is 2.70 bits per heavy atom. The second-order valence-corrected chi connectivity index (χ2v) is 3.01. The predicted octanol–water partition coefficient (Wildman–Crippen LogP) is 1.26. The number of hydrogen-bond acceptors (Lipinski definition) is 2. The molecule has 0 spiro atoms. The van der Waals surface area contributed by atoms with Gasteiger partial charge in [0.05, 0.1) is 13.2 Å². The average Bonchev–Trinajstić information content (AvgIpc) is 1.88. The number of alkyl halides is 2. The van der Waals surface area contributed by atoms with E-state index in [-0.39, 0.29) is 6.61 Å². The first kappa shape index (κ1) is 8.36. The van der Waals surface area contributed by atoms with Gasteiger partial charge in [-0.25, -0.2) is 12.7 Å². The summed E-state index contributed by atoms with van der Waals surface area (Å²) in [6.45, 7) is 1.16. The van der Waals surface area contributed by atoms with Gasteiger partial charge in [-0.1, -0.05) is 0 Å². The fourth-order valence-corrected chi connectivity index (χ4v) is 1.24. The summed E-state index contributed by atoms with van der Waals surface area (Å²) in [6.07, 6.45) is -2.33. The van der Waals surface area contributed by atoms with E-state index in [1.165, 1.54) is 3.93 Å². The maximum absolute atomic E-state index is 12.0. The van der Waals surface area contributed by atoms with Crippen LogP contribution in [0.3, 0.4) is 0 Å². The molecule has 0 radical (unpaired) electrons. The van der Waals surface area contributed by atoms with Crippen molar-refractivity contribution in [1.82, 2.24) is 3.93 Å². The highest BCUT2D eigenvalue weighted by atomic mass is 79.9. The van der Waals surface area contributed by atoms with Gasteiger partial charge in [-0.2, -0.15) is 0 Å². The molecular weight excluding hydrogens is 208 g/mol. The van der Waals surface area contributed by atoms with Gasteiger partial charge in [-0.05, 0) is 0 Å². The Morgan fingerprint density at radius 2 is 2.30 bits per heavy atom. The van der Waals surface area contributed by atoms with Crippen LogP contribution >= 0.6 is 16.1 Å². The second-order valence-electron chi connectivity index (χ2n) is 2.10. The van der Waals surface area contributed by atoms with E-state index in [9.17, 15) is 8.78 Å². The van der Waals surface area contributed by atoms with Crippen molar-refractivity contribution < 1.29 is 13.5 Å². The molecule has 0 aromatic rings. The first-order valence-corrected chi connectivity index (χ1v) is 3.71. The Balaban J connectivity index is 2.40. The van der Waals surface area contributed by atoms with Gasteiger partial charge in [0.25, 0.3) is 6.43 Å². The molecule has 0 bridgehead atoms. The fourth-order valence-electron chi connectivity index (χ4n) is 0.798. The number of hydrogen-bond donors (Lipinski definition) is 0. The predicted molar refractivity (Wildman–Crippen MR) is 36.2 cm³/mol. The van der Waals surface area contributed by atoms with Crippen molar-refractivity contribution in [1.29, 1.82) is 0 Å². The smallest absolute Gasteiger partial charge is 0.257 e. The lowest BCUT2D eigenvalue weighted by Crippen LogP contribution is -2.43. The largest absolute Gasteiger partial charge is 0.378 e. The van der Waals surface area contributed by atoms with Gasteiger partial charge in [0.2, 0.25) is 0 Å². The molecule has 2 nitrogen and oxygen atoms in total. The molecule has 1 heterocycles. The molecule has 0 aliphatic carbocycles. The lowest BCUT2D eigenvalue weighted by molar-refractivity contribution is -0.0305. The first-order chi connectivity index (χ1) is 4.72. The highest BCUT2D eigenvalue weighted by Gasteiger charge is 2.28. The number of morpholine rings is 1. The van der Waals surface area contributed by atoms with Crippen molar-refractivity contribution in [3.63, 3.8) is 0 Å². The van der Waals surface area contributed by atoms with Crippen LogP contribution in [-0.4, -0.2) is 36.2 Å². The zero-order valence-electron chi connectivity index (χ0n) is 5.27. The summed E-state index contributed by atoms with van der Waals surface area (Å²) < 4.78 is 30.3. The standard InChI is InChI=1S/C5H8BrF2NO/c6-9-1-2-10-3-4(9)5(7)8/h4-5H,1-3H2. The summed E-state index contributed by atoms with van der Waals surface area (Å²) in [5.41, 5.74) is 0. The molecule has 0 aromatic carbocycles. The maximum atomic E-state index is 12.0. The van der Waals surface area contributed by atoms with Crippen LogP contribution in [-0.2, 0) is 4.74 Å². The quantitative estimate of drug-likeness (QED) is 0.612. The summed E-state index contributed by atoms with van der Waals surface area (Å²) in [7, 11) is 0. The minimum atomic E-state index is -2.33. The monoisotopic (exact) mass is 215 g/mol. The molecule has 1 aliphatic heterocycles. The van der Waals surface area contributed by atoms with Crippen molar-refractivity contribution in [3.05, 3.63) is 0 Å². The molecule has 0 amide bonds. The summed E-state index contributed by atoms with van der Waals surface area (Å²) in [6, 6.07) is -0.784. The third-order valence-electron chi connectivity index (χ3n) is 1.39. The highest BCUT2D eigenvalue weighted by Crippen LogP contribution is 2.17. The molecule has 5 heteroatoms. The van der Waals surface area contributed by atoms with Gasteiger partial charge >= 0.3 is 0 Å². The van der Waals surface area contributed by atoms with E-state index in [2.05, 4.69) is 16.1 Å². The Labute approximate surface area is 66.5 Å². The summed E-state index contributed by atoms with van der Waals surface area (Å²) >= 11 is 3.03. The fraction of sp³-hybridized carbons (Fsp3) is 1.00. The van der Waals surface area contributed by atoms with E-state index < -0.39 is 12.5 Å². The van der Waals surface area contributed by atoms with Crippen LogP contribution in [0.2, 0.25) is 0 Å². The molecule has 1 aliphatic rings. The molecular formula is C5H8BrF2NO. The minimum Gasteiger partial charge on any atom is -0.378 e. The van der Waals surface area contributed by atoms with E-state index in [1.54, 1.807) is 0 Å². The summed E-state index contributed by atoms with van der Waals surface area (Å²) in [5, 5.41) is 0. The van der Waals surface area contributed by atoms with Crippen molar-refractivity contribution in [2.24, 2.45) is 0 Å². The lowest BCUT2D eigenvalue weighted by Gasteiger charge is -2.29. The number of rotatable bonds is 1. The van der Waals surface area contributed by atoms with Crippen molar-refractivity contribution in [2.75, 3.05) is 19.8 Å². The molecule has 0 aromatic heterocycles. The van der Waals surface area contributed by atoms with Crippen LogP contribution in [0, 0.1) is 0 Å². The normalized spacial score (nSPS) is 29.4. The molecule has 1 atom stereocenters. The average molecular weight is 216 g/mol. The molecule has 0 saturated carbocycles. The van der Waals surface area contributed by atoms with Gasteiger partial charge in [0.15, 0.2) is 0 Å². The molecule has 1 saturated heterocycles. The number of nitrogens with zero attached hydrogens (tertiary/aromatic N) is 1. The van der Waals surface area contributed by atoms with Crippen LogP contribution in [0.4, 0.5) is 8.78 Å². The Morgan fingerprint density at radius 1 is 1.60 bits per heavy atom. The summed E-state index contributed by atoms with van der Waals surface area (Å²) in [4.78, 5) is 0. The van der Waals surface area contributed by atoms with Crippen LogP contribution in [0.15, 0.2) is 0 Å². The Bertz CT molecular complexity index is 114. The van der Waals surface area contributed by atoms with Gasteiger partial charge in [-0.15, -0.1) is 0 Å². The van der Waals surface area contributed by atoms with Gasteiger partial charge < -0.3 is 4.74 Å². The lowest BCUT2D eigenvalue weighted by atomic mass is 10.3. The maximum Gasteiger partial charge on any atom is 0.257 e. The van der Waals surface area contributed by atoms with Gasteiger partial charge in [0, 0.05) is 22.7 Å². The molecule has 1 fully saturated rings. The zero-order chi connectivity index (χ0) is 7.56. The molecule has 1 rings (SSSR count). The van der Waals surface area contributed by atoms with E-state index >= 15 is 0 Å². The van der Waals surface area contributed by atoms with Gasteiger partial charge in [-0.3, -0.25) is 0 Å². The third-order valence-corrected chi connectivity index (χ3v) is 2.27. The molecule has 10 heavy (non-hydrogen) atoms. The van der Waals surface area contributed by atoms with Crippen LogP contribution in [0.5, 0.6) is 0 Å². The minimum absolute atomic E-state index is 0.114. The second kappa shape index (κ2) is 3.59. The Hall–Kier alpha value is 0.260. The summed E-state index contributed by atoms with van der Waals surface area (Å²) in [5.74, 6) is 0. The highest BCUT2D eigenvalue weighted by molar-refractivity contribution is 9.07. The number of ether oxygens (including phenoxy) is 1. The van der Waals surface area contributed by atoms with Crippen molar-refractivity contribution in [2.45, 2.75) is 12.5 Å². The van der Waals surface area contributed by atoms with E-state index in [0.29, 0.717) is 13.2 Å².